The molecule has 0 aromatic carbocycles. The number of rotatable bonds is 3. The molecule has 118 valence electrons. The van der Waals surface area contributed by atoms with E-state index >= 15 is 0 Å². The molecule has 0 saturated heterocycles. The summed E-state index contributed by atoms with van der Waals surface area (Å²) in [5, 5.41) is 3.80. The van der Waals surface area contributed by atoms with Crippen molar-refractivity contribution in [3.63, 3.8) is 0 Å². The molecule has 0 amide bonds. The molecule has 3 atom stereocenters. The topological polar surface area (TPSA) is 12.0 Å². The van der Waals surface area contributed by atoms with Crippen molar-refractivity contribution in [2.75, 3.05) is 6.54 Å². The molecule has 0 spiro atoms. The molecule has 1 aliphatic heterocycles. The normalized spacial score (nSPS) is 30.9. The van der Waals surface area contributed by atoms with Crippen LogP contribution in [0.3, 0.4) is 0 Å². The van der Waals surface area contributed by atoms with Crippen molar-refractivity contribution in [1.29, 1.82) is 0 Å². The first-order valence-electron chi connectivity index (χ1n) is 8.71. The first-order valence-corrected chi connectivity index (χ1v) is 8.71. The van der Waals surface area contributed by atoms with Crippen LogP contribution >= 0.6 is 0 Å². The Morgan fingerprint density at radius 1 is 1.33 bits per heavy atom. The fourth-order valence-corrected chi connectivity index (χ4v) is 3.95. The summed E-state index contributed by atoms with van der Waals surface area (Å²) in [6, 6.07) is 0.559. The number of allylic oxidation sites excluding steroid dienone is 2. The van der Waals surface area contributed by atoms with E-state index in [9.17, 15) is 0 Å². The highest BCUT2D eigenvalue weighted by Gasteiger charge is 2.36. The Balaban J connectivity index is 2.38. The van der Waals surface area contributed by atoms with Crippen LogP contribution in [0.2, 0.25) is 0 Å². The summed E-state index contributed by atoms with van der Waals surface area (Å²) < 4.78 is 0. The van der Waals surface area contributed by atoms with Crippen molar-refractivity contribution in [1.82, 2.24) is 5.32 Å². The molecule has 0 aromatic heterocycles. The monoisotopic (exact) mass is 287 g/mol. The van der Waals surface area contributed by atoms with Crippen LogP contribution < -0.4 is 5.32 Å². The van der Waals surface area contributed by atoms with Gasteiger partial charge in [-0.15, -0.1) is 0 Å². The molecule has 0 saturated carbocycles. The maximum atomic E-state index is 4.39. The highest BCUT2D eigenvalue weighted by molar-refractivity contribution is 5.34. The zero-order valence-electron chi connectivity index (χ0n) is 14.6. The van der Waals surface area contributed by atoms with Crippen molar-refractivity contribution in [3.05, 3.63) is 35.5 Å². The molecule has 21 heavy (non-hydrogen) atoms. The summed E-state index contributed by atoms with van der Waals surface area (Å²) in [5.74, 6) is 1.16. The summed E-state index contributed by atoms with van der Waals surface area (Å²) in [5.41, 5.74) is 4.77. The van der Waals surface area contributed by atoms with Crippen LogP contribution in [0.1, 0.15) is 60.3 Å². The van der Waals surface area contributed by atoms with Crippen LogP contribution in [0.15, 0.2) is 35.5 Å². The third-order valence-corrected chi connectivity index (χ3v) is 6.02. The van der Waals surface area contributed by atoms with Gasteiger partial charge in [0, 0.05) is 12.0 Å². The lowest BCUT2D eigenvalue weighted by Gasteiger charge is -2.43. The third-order valence-electron chi connectivity index (χ3n) is 6.02. The molecule has 1 N–H and O–H groups in total. The lowest BCUT2D eigenvalue weighted by molar-refractivity contribution is 0.264. The minimum atomic E-state index is 0.362. The maximum Gasteiger partial charge on any atom is 0.0199 e. The molecule has 0 radical (unpaired) electrons. The second kappa shape index (κ2) is 6.52. The minimum absolute atomic E-state index is 0.362. The van der Waals surface area contributed by atoms with Crippen LogP contribution in [0.25, 0.3) is 0 Å². The third kappa shape index (κ3) is 3.34. The molecule has 1 aliphatic carbocycles. The summed E-state index contributed by atoms with van der Waals surface area (Å²) in [7, 11) is 0. The van der Waals surface area contributed by atoms with Gasteiger partial charge in [0.1, 0.15) is 0 Å². The van der Waals surface area contributed by atoms with E-state index < -0.39 is 0 Å². The Morgan fingerprint density at radius 3 is 2.62 bits per heavy atom. The minimum Gasteiger partial charge on any atom is -0.312 e. The quantitative estimate of drug-likeness (QED) is 0.698. The summed E-state index contributed by atoms with van der Waals surface area (Å²) >= 11 is 0. The van der Waals surface area contributed by atoms with Crippen LogP contribution in [-0.4, -0.2) is 12.6 Å². The van der Waals surface area contributed by atoms with Gasteiger partial charge in [0.05, 0.1) is 0 Å². The van der Waals surface area contributed by atoms with E-state index in [4.69, 9.17) is 0 Å². The highest BCUT2D eigenvalue weighted by Crippen LogP contribution is 2.44. The van der Waals surface area contributed by atoms with Crippen molar-refractivity contribution in [2.45, 2.75) is 66.3 Å². The molecule has 1 heteroatoms. The Morgan fingerprint density at radius 2 is 2.00 bits per heavy atom. The Kier molecular flexibility index (Phi) is 5.14. The molecule has 2 unspecified atom stereocenters. The largest absolute Gasteiger partial charge is 0.312 e. The van der Waals surface area contributed by atoms with E-state index in [0.29, 0.717) is 23.3 Å². The molecule has 0 fully saturated rings. The van der Waals surface area contributed by atoms with Crippen molar-refractivity contribution >= 4 is 0 Å². The van der Waals surface area contributed by atoms with Crippen molar-refractivity contribution < 1.29 is 0 Å². The van der Waals surface area contributed by atoms with E-state index in [1.165, 1.54) is 30.4 Å². The number of fused-ring (bicyclic) bond motifs is 1. The van der Waals surface area contributed by atoms with Gasteiger partial charge in [-0.25, -0.2) is 0 Å². The molecule has 0 bridgehead atoms. The fourth-order valence-electron chi connectivity index (χ4n) is 3.95. The second-order valence-corrected chi connectivity index (χ2v) is 7.46. The molecule has 2 rings (SSSR count). The van der Waals surface area contributed by atoms with E-state index in [1.807, 2.05) is 0 Å². The Labute approximate surface area is 131 Å². The molecular weight excluding hydrogens is 254 g/mol. The van der Waals surface area contributed by atoms with Gasteiger partial charge in [-0.05, 0) is 56.1 Å². The highest BCUT2D eigenvalue weighted by atomic mass is 14.9. The molecule has 1 heterocycles. The zero-order chi connectivity index (χ0) is 15.6. The average Bonchev–Trinajstić information content (AvgIpc) is 2.45. The average molecular weight is 287 g/mol. The van der Waals surface area contributed by atoms with Gasteiger partial charge in [-0.2, -0.15) is 0 Å². The van der Waals surface area contributed by atoms with Gasteiger partial charge in [0.2, 0.25) is 0 Å². The smallest absolute Gasteiger partial charge is 0.0199 e. The Bertz CT molecular complexity index is 450. The van der Waals surface area contributed by atoms with Gasteiger partial charge < -0.3 is 5.32 Å². The SMILES string of the molecule is C=C1C=C(C)CCNC2C1C=C(C(C)(CC)CC)C[C@@H]2C. The number of nitrogens with one attached hydrogen (secondary N) is 1. The predicted octanol–water partition coefficient (Wildman–Crippen LogP) is 5.26. The van der Waals surface area contributed by atoms with Gasteiger partial charge in [-0.3, -0.25) is 0 Å². The van der Waals surface area contributed by atoms with Gasteiger partial charge >= 0.3 is 0 Å². The number of hydrogen-bond acceptors (Lipinski definition) is 1. The van der Waals surface area contributed by atoms with Crippen LogP contribution in [0, 0.1) is 17.3 Å². The van der Waals surface area contributed by atoms with Crippen LogP contribution in [0.5, 0.6) is 0 Å². The summed E-state index contributed by atoms with van der Waals surface area (Å²) in [4.78, 5) is 0. The maximum absolute atomic E-state index is 4.39. The van der Waals surface area contributed by atoms with Crippen LogP contribution in [0.4, 0.5) is 0 Å². The van der Waals surface area contributed by atoms with Gasteiger partial charge in [0.15, 0.2) is 0 Å². The first-order chi connectivity index (χ1) is 9.91. The number of hydrogen-bond donors (Lipinski definition) is 1. The van der Waals surface area contributed by atoms with Gasteiger partial charge in [0.25, 0.3) is 0 Å². The lowest BCUT2D eigenvalue weighted by atomic mass is 9.66. The van der Waals surface area contributed by atoms with E-state index in [1.54, 1.807) is 5.57 Å². The molecule has 1 nitrogen and oxygen atoms in total. The fraction of sp³-hybridized carbons (Fsp3) is 0.700. The molecule has 0 aromatic rings. The summed E-state index contributed by atoms with van der Waals surface area (Å²) in [6.07, 6.45) is 9.74. The molecule has 2 aliphatic rings. The first kappa shape index (κ1) is 16.5. The summed E-state index contributed by atoms with van der Waals surface area (Å²) in [6.45, 7) is 17.2. The second-order valence-electron chi connectivity index (χ2n) is 7.46. The van der Waals surface area contributed by atoms with Crippen molar-refractivity contribution in [2.24, 2.45) is 17.3 Å². The van der Waals surface area contributed by atoms with Crippen LogP contribution in [-0.2, 0) is 0 Å². The zero-order valence-corrected chi connectivity index (χ0v) is 14.6. The molecular formula is C20H33N. The Hall–Kier alpha value is -0.820. The van der Waals surface area contributed by atoms with Gasteiger partial charge in [-0.1, -0.05) is 57.6 Å². The van der Waals surface area contributed by atoms with Crippen molar-refractivity contribution in [3.8, 4) is 0 Å². The van der Waals surface area contributed by atoms with E-state index in [0.717, 1.165) is 13.0 Å². The lowest BCUT2D eigenvalue weighted by Crippen LogP contribution is -2.45. The van der Waals surface area contributed by atoms with E-state index in [-0.39, 0.29) is 0 Å². The van der Waals surface area contributed by atoms with E-state index in [2.05, 4.69) is 58.7 Å². The standard InChI is InChI=1S/C20H33N/c1-7-20(6,8-2)17-12-16(5)19-18(13-17)15(4)11-14(3)9-10-21-19/h11,13,16,18-19,21H,4,7-10,12H2,1-3,5-6H3/t16-,18?,19?/m0/s1. The predicted molar refractivity (Wildman–Crippen MR) is 93.3 cm³/mol.